The van der Waals surface area contributed by atoms with Crippen LogP contribution in [0.1, 0.15) is 66.8 Å². The molecule has 4 aliphatic carbocycles. The SMILES string of the molecule is c1ccc(N(c2cc3c4c(c2)N(c2ccccc2)c2c(ccc5c2-c2ccccc2C52c5ccccc5-c5ccccc52)B4c2ccc4c(c2N3c2ccccc2)-c2ccccc2C4(c2ccccc2)c2ccccc2)c2cccc3c2-c2ccccc2C3(c2ccccc2)c2ccccc2)cc1. The molecule has 3 nitrogen and oxygen atoms in total. The van der Waals surface area contributed by atoms with E-state index in [0.717, 1.165) is 39.8 Å². The number of fused-ring (bicyclic) bond motifs is 22. The van der Waals surface area contributed by atoms with E-state index >= 15 is 0 Å². The third-order valence-electron chi connectivity index (χ3n) is 23.8. The van der Waals surface area contributed by atoms with Gasteiger partial charge in [-0.25, -0.2) is 0 Å². The summed E-state index contributed by atoms with van der Waals surface area (Å²) in [4.78, 5) is 7.96. The van der Waals surface area contributed by atoms with Gasteiger partial charge in [0.1, 0.15) is 0 Å². The summed E-state index contributed by atoms with van der Waals surface area (Å²) in [5, 5.41) is 0. The molecule has 478 valence electrons. The van der Waals surface area contributed by atoms with E-state index in [0.29, 0.717) is 0 Å². The number of para-hydroxylation sites is 3. The largest absolute Gasteiger partial charge is 0.311 e. The fourth-order valence-corrected chi connectivity index (χ4v) is 20.1. The van der Waals surface area contributed by atoms with Crippen molar-refractivity contribution in [1.82, 2.24) is 0 Å². The highest BCUT2D eigenvalue weighted by atomic mass is 15.2. The van der Waals surface area contributed by atoms with Crippen LogP contribution in [-0.2, 0) is 16.2 Å². The Labute approximate surface area is 600 Å². The van der Waals surface area contributed by atoms with Crippen LogP contribution in [0.4, 0.5) is 51.2 Å². The molecule has 0 bridgehead atoms. The molecular weight excluding hydrogens is 1240 g/mol. The molecule has 0 unspecified atom stereocenters. The summed E-state index contributed by atoms with van der Waals surface area (Å²) < 4.78 is 0. The van der Waals surface area contributed by atoms with E-state index in [4.69, 9.17) is 0 Å². The number of anilines is 9. The summed E-state index contributed by atoms with van der Waals surface area (Å²) in [7, 11) is 0. The van der Waals surface area contributed by atoms with Crippen LogP contribution in [0.25, 0.3) is 44.5 Å². The Morgan fingerprint density at radius 1 is 0.233 bits per heavy atom. The lowest BCUT2D eigenvalue weighted by atomic mass is 9.33. The van der Waals surface area contributed by atoms with E-state index < -0.39 is 16.2 Å². The molecule has 22 rings (SSSR count). The van der Waals surface area contributed by atoms with Crippen LogP contribution >= 0.6 is 0 Å². The van der Waals surface area contributed by atoms with Gasteiger partial charge < -0.3 is 14.7 Å². The highest BCUT2D eigenvalue weighted by Gasteiger charge is 2.57. The molecule has 4 heteroatoms. The van der Waals surface area contributed by atoms with E-state index in [1.165, 1.54) is 139 Å². The monoisotopic (exact) mass is 1310 g/mol. The van der Waals surface area contributed by atoms with Gasteiger partial charge in [-0.3, -0.25) is 0 Å². The molecule has 0 aromatic heterocycles. The van der Waals surface area contributed by atoms with Crippen LogP contribution in [0.15, 0.2) is 388 Å². The number of benzene rings is 16. The molecule has 0 radical (unpaired) electrons. The Hall–Kier alpha value is -13.0. The lowest BCUT2D eigenvalue weighted by Gasteiger charge is -2.46. The van der Waals surface area contributed by atoms with Gasteiger partial charge in [-0.15, -0.1) is 0 Å². The number of rotatable bonds is 9. The Morgan fingerprint density at radius 3 is 0.961 bits per heavy atom. The molecule has 103 heavy (non-hydrogen) atoms. The summed E-state index contributed by atoms with van der Waals surface area (Å²) in [6.07, 6.45) is 0. The zero-order valence-electron chi connectivity index (χ0n) is 56.4. The zero-order chi connectivity index (χ0) is 67.5. The highest BCUT2D eigenvalue weighted by molar-refractivity contribution is 7.00. The fourth-order valence-electron chi connectivity index (χ4n) is 20.1. The van der Waals surface area contributed by atoms with Gasteiger partial charge in [0, 0.05) is 56.5 Å². The van der Waals surface area contributed by atoms with Crippen LogP contribution in [0, 0.1) is 0 Å². The second kappa shape index (κ2) is 22.0. The van der Waals surface area contributed by atoms with Gasteiger partial charge in [-0.05, 0) is 166 Å². The molecule has 0 amide bonds. The van der Waals surface area contributed by atoms with E-state index in [1.54, 1.807) is 0 Å². The van der Waals surface area contributed by atoms with E-state index in [-0.39, 0.29) is 6.71 Å². The average molecular weight is 1310 g/mol. The maximum atomic E-state index is 2.69. The van der Waals surface area contributed by atoms with Crippen LogP contribution in [0.2, 0.25) is 0 Å². The first kappa shape index (κ1) is 57.8. The molecule has 2 aliphatic heterocycles. The quantitative estimate of drug-likeness (QED) is 0.133. The van der Waals surface area contributed by atoms with Crippen molar-refractivity contribution in [2.24, 2.45) is 0 Å². The van der Waals surface area contributed by atoms with Crippen molar-refractivity contribution in [3.63, 3.8) is 0 Å². The van der Waals surface area contributed by atoms with Crippen molar-refractivity contribution in [2.75, 3.05) is 14.7 Å². The standard InChI is InChI=1S/C99H64BN3/c1-8-33-65(34-9-1)97(66-35-10-2-11-36-66)80-54-29-24-49-75(80)91-83(97)57-32-58-88(91)101(69-41-16-5-17-42-69)72-63-89-94-90(64-72)103(71-45-20-7-21-46-71)96-87(62-60-85-93(96)77-51-26-31-56-82(77)99(85)78-52-27-22-47-73(78)74-48-23-28-53-79(74)99)100(94)86-61-59-84-92(95(86)102(89)70-43-18-6-19-44-70)76-50-25-30-55-81(76)98(84,67-37-12-3-13-38-67)68-39-14-4-15-40-68/h1-64H. The topological polar surface area (TPSA) is 9.72 Å². The zero-order valence-corrected chi connectivity index (χ0v) is 56.4. The molecule has 16 aromatic rings. The first-order valence-electron chi connectivity index (χ1n) is 36.1. The molecule has 16 aromatic carbocycles. The van der Waals surface area contributed by atoms with Crippen molar-refractivity contribution < 1.29 is 0 Å². The second-order valence-electron chi connectivity index (χ2n) is 28.3. The summed E-state index contributed by atoms with van der Waals surface area (Å²) in [6.45, 7) is -0.252. The third kappa shape index (κ3) is 7.58. The van der Waals surface area contributed by atoms with E-state index in [1.807, 2.05) is 0 Å². The smallest absolute Gasteiger partial charge is 0.252 e. The Balaban J connectivity index is 0.907. The normalized spacial score (nSPS) is 14.6. The van der Waals surface area contributed by atoms with Gasteiger partial charge in [-0.2, -0.15) is 0 Å². The minimum atomic E-state index is -0.663. The maximum absolute atomic E-state index is 2.69. The summed E-state index contributed by atoms with van der Waals surface area (Å²) in [5.41, 5.74) is 37.1. The molecule has 0 saturated heterocycles. The number of hydrogen-bond donors (Lipinski definition) is 0. The van der Waals surface area contributed by atoms with Crippen LogP contribution in [0.5, 0.6) is 0 Å². The minimum absolute atomic E-state index is 0.252. The van der Waals surface area contributed by atoms with Gasteiger partial charge >= 0.3 is 0 Å². The number of nitrogens with zero attached hydrogens (tertiary/aromatic N) is 3. The van der Waals surface area contributed by atoms with Crippen molar-refractivity contribution in [1.29, 1.82) is 0 Å². The first-order valence-corrected chi connectivity index (χ1v) is 36.1. The average Bonchev–Trinajstić information content (AvgIpc) is 1.54. The van der Waals surface area contributed by atoms with Crippen molar-refractivity contribution in [3.05, 3.63) is 455 Å². The Bertz CT molecular complexity index is 5840. The van der Waals surface area contributed by atoms with E-state index in [9.17, 15) is 0 Å². The third-order valence-corrected chi connectivity index (χ3v) is 23.8. The summed E-state index contributed by atoms with van der Waals surface area (Å²) >= 11 is 0. The molecule has 0 atom stereocenters. The summed E-state index contributed by atoms with van der Waals surface area (Å²) in [6, 6.07) is 148. The van der Waals surface area contributed by atoms with Crippen LogP contribution in [0.3, 0.4) is 0 Å². The van der Waals surface area contributed by atoms with Gasteiger partial charge in [0.2, 0.25) is 0 Å². The lowest BCUT2D eigenvalue weighted by Crippen LogP contribution is -2.61. The van der Waals surface area contributed by atoms with Gasteiger partial charge in [0.25, 0.3) is 6.71 Å². The van der Waals surface area contributed by atoms with Crippen LogP contribution in [-0.4, -0.2) is 6.71 Å². The molecule has 0 fully saturated rings. The molecule has 0 N–H and O–H groups in total. The summed E-state index contributed by atoms with van der Waals surface area (Å²) in [5.74, 6) is 0. The van der Waals surface area contributed by atoms with Gasteiger partial charge in [0.05, 0.1) is 27.6 Å². The van der Waals surface area contributed by atoms with Gasteiger partial charge in [-0.1, -0.05) is 334 Å². The lowest BCUT2D eigenvalue weighted by molar-refractivity contribution is 0.768. The van der Waals surface area contributed by atoms with E-state index in [2.05, 4.69) is 403 Å². The molecular formula is C99H64BN3. The van der Waals surface area contributed by atoms with Crippen molar-refractivity contribution in [2.45, 2.75) is 16.2 Å². The van der Waals surface area contributed by atoms with Crippen molar-refractivity contribution in [3.8, 4) is 44.5 Å². The van der Waals surface area contributed by atoms with Gasteiger partial charge in [0.15, 0.2) is 0 Å². The molecule has 2 heterocycles. The molecule has 6 aliphatic rings. The molecule has 0 saturated carbocycles. The molecule has 1 spiro atoms. The van der Waals surface area contributed by atoms with Crippen LogP contribution < -0.4 is 31.1 Å². The highest BCUT2D eigenvalue weighted by Crippen LogP contribution is 2.67. The van der Waals surface area contributed by atoms with Crippen molar-refractivity contribution >= 4 is 74.3 Å². The maximum Gasteiger partial charge on any atom is 0.252 e. The first-order chi connectivity index (χ1) is 51.2. The Morgan fingerprint density at radius 2 is 0.544 bits per heavy atom. The second-order valence-corrected chi connectivity index (χ2v) is 28.3. The minimum Gasteiger partial charge on any atom is -0.311 e. The predicted octanol–water partition coefficient (Wildman–Crippen LogP) is 22.3. The fraction of sp³-hybridized carbons (Fsp3) is 0.0303. The predicted molar refractivity (Wildman–Crippen MR) is 426 cm³/mol. The Kier molecular flexibility index (Phi) is 12.4. The number of hydrogen-bond acceptors (Lipinski definition) is 3.